The SMILES string of the molecule is COc1ccc(CO)cc1CN(C)CC1CCCCC1. The highest BCUT2D eigenvalue weighted by molar-refractivity contribution is 5.37. The van der Waals surface area contributed by atoms with Crippen LogP contribution >= 0.6 is 0 Å². The maximum Gasteiger partial charge on any atom is 0.123 e. The monoisotopic (exact) mass is 277 g/mol. The highest BCUT2D eigenvalue weighted by Crippen LogP contribution is 2.26. The smallest absolute Gasteiger partial charge is 0.123 e. The van der Waals surface area contributed by atoms with Crippen molar-refractivity contribution in [3.05, 3.63) is 29.3 Å². The number of ether oxygens (including phenoxy) is 1. The van der Waals surface area contributed by atoms with Gasteiger partial charge >= 0.3 is 0 Å². The fourth-order valence-corrected chi connectivity index (χ4v) is 3.22. The van der Waals surface area contributed by atoms with Crippen LogP contribution in [-0.4, -0.2) is 30.7 Å². The lowest BCUT2D eigenvalue weighted by Crippen LogP contribution is -2.26. The van der Waals surface area contributed by atoms with Gasteiger partial charge in [0.15, 0.2) is 0 Å². The Morgan fingerprint density at radius 1 is 1.25 bits per heavy atom. The van der Waals surface area contributed by atoms with Crippen LogP contribution in [-0.2, 0) is 13.2 Å². The Kier molecular flexibility index (Phi) is 5.86. The van der Waals surface area contributed by atoms with E-state index < -0.39 is 0 Å². The summed E-state index contributed by atoms with van der Waals surface area (Å²) in [6.07, 6.45) is 6.94. The van der Waals surface area contributed by atoms with E-state index in [2.05, 4.69) is 18.0 Å². The number of nitrogens with zero attached hydrogens (tertiary/aromatic N) is 1. The number of benzene rings is 1. The molecule has 1 fully saturated rings. The van der Waals surface area contributed by atoms with Gasteiger partial charge in [0.05, 0.1) is 13.7 Å². The molecule has 0 atom stereocenters. The molecule has 1 aliphatic carbocycles. The third kappa shape index (κ3) is 4.22. The molecule has 20 heavy (non-hydrogen) atoms. The summed E-state index contributed by atoms with van der Waals surface area (Å²) in [6, 6.07) is 5.93. The zero-order valence-corrected chi connectivity index (χ0v) is 12.8. The number of aliphatic hydroxyl groups excluding tert-OH is 1. The summed E-state index contributed by atoms with van der Waals surface area (Å²) in [7, 11) is 3.89. The van der Waals surface area contributed by atoms with E-state index in [1.807, 2.05) is 12.1 Å². The van der Waals surface area contributed by atoms with Gasteiger partial charge in [0.1, 0.15) is 5.75 Å². The van der Waals surface area contributed by atoms with Crippen LogP contribution in [0.2, 0.25) is 0 Å². The number of methoxy groups -OCH3 is 1. The van der Waals surface area contributed by atoms with Crippen LogP contribution in [0.15, 0.2) is 18.2 Å². The summed E-state index contributed by atoms with van der Waals surface area (Å²) < 4.78 is 5.43. The van der Waals surface area contributed by atoms with Gasteiger partial charge in [-0.2, -0.15) is 0 Å². The molecule has 1 N–H and O–H groups in total. The van der Waals surface area contributed by atoms with Gasteiger partial charge < -0.3 is 14.7 Å². The summed E-state index contributed by atoms with van der Waals surface area (Å²) in [5, 5.41) is 9.27. The van der Waals surface area contributed by atoms with Crippen molar-refractivity contribution in [2.24, 2.45) is 5.92 Å². The van der Waals surface area contributed by atoms with Gasteiger partial charge in [-0.3, -0.25) is 0 Å². The van der Waals surface area contributed by atoms with E-state index in [1.54, 1.807) is 7.11 Å². The number of hydrogen-bond acceptors (Lipinski definition) is 3. The third-order valence-corrected chi connectivity index (χ3v) is 4.26. The van der Waals surface area contributed by atoms with Crippen molar-refractivity contribution in [1.82, 2.24) is 4.90 Å². The van der Waals surface area contributed by atoms with Crippen LogP contribution in [0.4, 0.5) is 0 Å². The Hall–Kier alpha value is -1.06. The van der Waals surface area contributed by atoms with E-state index in [1.165, 1.54) is 32.1 Å². The minimum Gasteiger partial charge on any atom is -0.496 e. The van der Waals surface area contributed by atoms with Gasteiger partial charge in [-0.15, -0.1) is 0 Å². The summed E-state index contributed by atoms with van der Waals surface area (Å²) in [6.45, 7) is 2.13. The molecule has 2 rings (SSSR count). The van der Waals surface area contributed by atoms with Crippen molar-refractivity contribution in [3.63, 3.8) is 0 Å². The minimum absolute atomic E-state index is 0.0866. The van der Waals surface area contributed by atoms with Gasteiger partial charge in [-0.1, -0.05) is 25.3 Å². The molecule has 3 nitrogen and oxygen atoms in total. The predicted molar refractivity (Wildman–Crippen MR) is 81.8 cm³/mol. The van der Waals surface area contributed by atoms with Crippen LogP contribution < -0.4 is 4.74 Å². The van der Waals surface area contributed by atoms with Crippen molar-refractivity contribution < 1.29 is 9.84 Å². The fourth-order valence-electron chi connectivity index (χ4n) is 3.22. The van der Waals surface area contributed by atoms with Gasteiger partial charge in [0.2, 0.25) is 0 Å². The van der Waals surface area contributed by atoms with Crippen molar-refractivity contribution in [2.45, 2.75) is 45.3 Å². The van der Waals surface area contributed by atoms with Gasteiger partial charge in [-0.25, -0.2) is 0 Å². The quantitative estimate of drug-likeness (QED) is 0.866. The lowest BCUT2D eigenvalue weighted by atomic mass is 9.89. The molecule has 0 spiro atoms. The Balaban J connectivity index is 1.96. The van der Waals surface area contributed by atoms with E-state index >= 15 is 0 Å². The van der Waals surface area contributed by atoms with Crippen molar-refractivity contribution in [3.8, 4) is 5.75 Å². The van der Waals surface area contributed by atoms with E-state index in [-0.39, 0.29) is 6.61 Å². The van der Waals surface area contributed by atoms with Crippen molar-refractivity contribution in [1.29, 1.82) is 0 Å². The Morgan fingerprint density at radius 3 is 2.65 bits per heavy atom. The second-order valence-corrected chi connectivity index (χ2v) is 6.01. The average Bonchev–Trinajstić information content (AvgIpc) is 2.48. The second-order valence-electron chi connectivity index (χ2n) is 6.01. The summed E-state index contributed by atoms with van der Waals surface area (Å²) >= 11 is 0. The summed E-state index contributed by atoms with van der Waals surface area (Å²) in [5.41, 5.74) is 2.12. The molecule has 0 bridgehead atoms. The highest BCUT2D eigenvalue weighted by atomic mass is 16.5. The molecule has 0 saturated heterocycles. The number of rotatable bonds is 6. The molecule has 0 unspecified atom stereocenters. The lowest BCUT2D eigenvalue weighted by Gasteiger charge is -2.27. The highest BCUT2D eigenvalue weighted by Gasteiger charge is 2.16. The zero-order chi connectivity index (χ0) is 14.4. The van der Waals surface area contributed by atoms with E-state index in [9.17, 15) is 5.11 Å². The zero-order valence-electron chi connectivity index (χ0n) is 12.8. The van der Waals surface area contributed by atoms with Crippen LogP contribution in [0.5, 0.6) is 5.75 Å². The van der Waals surface area contributed by atoms with Gasteiger partial charge in [0, 0.05) is 18.7 Å². The number of aliphatic hydroxyl groups is 1. The molecule has 0 aromatic heterocycles. The molecule has 0 amide bonds. The van der Waals surface area contributed by atoms with Crippen molar-refractivity contribution >= 4 is 0 Å². The van der Waals surface area contributed by atoms with Gasteiger partial charge in [0.25, 0.3) is 0 Å². The van der Waals surface area contributed by atoms with E-state index in [0.29, 0.717) is 0 Å². The molecule has 1 aromatic carbocycles. The average molecular weight is 277 g/mol. The molecule has 3 heteroatoms. The Labute approximate surface area is 122 Å². The van der Waals surface area contributed by atoms with Crippen LogP contribution in [0.25, 0.3) is 0 Å². The first-order chi connectivity index (χ1) is 9.72. The molecule has 0 heterocycles. The molecule has 1 saturated carbocycles. The topological polar surface area (TPSA) is 32.7 Å². The van der Waals surface area contributed by atoms with E-state index in [4.69, 9.17) is 4.74 Å². The maximum atomic E-state index is 9.27. The van der Waals surface area contributed by atoms with E-state index in [0.717, 1.165) is 35.9 Å². The lowest BCUT2D eigenvalue weighted by molar-refractivity contribution is 0.225. The second kappa shape index (κ2) is 7.65. The van der Waals surface area contributed by atoms with Crippen LogP contribution in [0.1, 0.15) is 43.2 Å². The van der Waals surface area contributed by atoms with Crippen LogP contribution in [0, 0.1) is 5.92 Å². The predicted octanol–water partition coefficient (Wildman–Crippen LogP) is 3.20. The van der Waals surface area contributed by atoms with Crippen LogP contribution in [0.3, 0.4) is 0 Å². The first-order valence-corrected chi connectivity index (χ1v) is 7.68. The minimum atomic E-state index is 0.0866. The molecule has 1 aromatic rings. The van der Waals surface area contributed by atoms with Gasteiger partial charge in [-0.05, 0) is 43.5 Å². The normalized spacial score (nSPS) is 16.6. The Morgan fingerprint density at radius 2 is 2.00 bits per heavy atom. The first-order valence-electron chi connectivity index (χ1n) is 7.68. The molecular formula is C17H27NO2. The molecule has 1 aliphatic rings. The molecular weight excluding hydrogens is 250 g/mol. The molecule has 0 aliphatic heterocycles. The summed E-state index contributed by atoms with van der Waals surface area (Å²) in [4.78, 5) is 2.38. The fraction of sp³-hybridized carbons (Fsp3) is 0.647. The molecule has 0 radical (unpaired) electrons. The largest absolute Gasteiger partial charge is 0.496 e. The molecule has 112 valence electrons. The first kappa shape index (κ1) is 15.3. The third-order valence-electron chi connectivity index (χ3n) is 4.26. The van der Waals surface area contributed by atoms with Crippen molar-refractivity contribution in [2.75, 3.05) is 20.7 Å². The Bertz CT molecular complexity index is 413. The maximum absolute atomic E-state index is 9.27. The summed E-state index contributed by atoms with van der Waals surface area (Å²) in [5.74, 6) is 1.76. The number of hydrogen-bond donors (Lipinski definition) is 1. The standard InChI is InChI=1S/C17H27NO2/c1-18(11-14-6-4-3-5-7-14)12-16-10-15(13-19)8-9-17(16)20-2/h8-10,14,19H,3-7,11-13H2,1-2H3.